The van der Waals surface area contributed by atoms with Gasteiger partial charge in [-0.2, -0.15) is 0 Å². The van der Waals surface area contributed by atoms with Gasteiger partial charge in [-0.05, 0) is 37.5 Å². The van der Waals surface area contributed by atoms with Gasteiger partial charge in [-0.25, -0.2) is 4.98 Å². The number of nitrogens with zero attached hydrogens (tertiary/aromatic N) is 2. The van der Waals surface area contributed by atoms with Crippen molar-refractivity contribution in [2.24, 2.45) is 0 Å². The van der Waals surface area contributed by atoms with E-state index < -0.39 is 0 Å². The van der Waals surface area contributed by atoms with Crippen LogP contribution in [-0.2, 0) is 29.0 Å². The number of hydrogen-bond acceptors (Lipinski definition) is 4. The van der Waals surface area contributed by atoms with Gasteiger partial charge in [0.2, 0.25) is 11.8 Å². The Bertz CT molecular complexity index is 1110. The van der Waals surface area contributed by atoms with Gasteiger partial charge in [-0.15, -0.1) is 0 Å². The van der Waals surface area contributed by atoms with Crippen molar-refractivity contribution in [2.75, 3.05) is 7.05 Å². The number of aromatic nitrogens is 2. The van der Waals surface area contributed by atoms with Crippen molar-refractivity contribution < 1.29 is 9.59 Å². The lowest BCUT2D eigenvalue weighted by atomic mass is 10.1. The Balaban J connectivity index is 1.73. The van der Waals surface area contributed by atoms with Crippen LogP contribution in [-0.4, -0.2) is 34.5 Å². The van der Waals surface area contributed by atoms with Crippen LogP contribution in [0.2, 0.25) is 0 Å². The van der Waals surface area contributed by atoms with Crippen LogP contribution >= 0.6 is 0 Å². The zero-order valence-electron chi connectivity index (χ0n) is 17.9. The first-order chi connectivity index (χ1) is 15.0. The molecule has 2 amide bonds. The molecule has 162 valence electrons. The number of carbonyl (C=O) groups excluding carboxylic acids is 2. The highest BCUT2D eigenvalue weighted by atomic mass is 16.2. The molecule has 7 nitrogen and oxygen atoms in total. The van der Waals surface area contributed by atoms with Gasteiger partial charge in [-0.3, -0.25) is 19.0 Å². The maximum atomic E-state index is 13.0. The molecular formula is C24H28N4O3. The molecule has 0 aliphatic carbocycles. The van der Waals surface area contributed by atoms with E-state index in [0.717, 1.165) is 12.8 Å². The summed E-state index contributed by atoms with van der Waals surface area (Å²) in [5.41, 5.74) is 2.39. The predicted octanol–water partition coefficient (Wildman–Crippen LogP) is 2.21. The largest absolute Gasteiger partial charge is 0.359 e. The average Bonchev–Trinajstić information content (AvgIpc) is 2.78. The molecule has 3 rings (SSSR count). The minimum atomic E-state index is -0.338. The zero-order chi connectivity index (χ0) is 22.2. The number of carbonyl (C=O) groups is 2. The Morgan fingerprint density at radius 3 is 2.45 bits per heavy atom. The minimum absolute atomic E-state index is 0.0239. The highest BCUT2D eigenvalue weighted by Gasteiger charge is 2.15. The Hall–Kier alpha value is -3.48. The molecule has 0 radical (unpaired) electrons. The van der Waals surface area contributed by atoms with Crippen LogP contribution in [0.5, 0.6) is 0 Å². The number of aryl methyl sites for hydroxylation is 2. The third-order valence-electron chi connectivity index (χ3n) is 5.21. The normalized spacial score (nSPS) is 11.8. The highest BCUT2D eigenvalue weighted by Crippen LogP contribution is 2.11. The fraction of sp³-hybridized carbons (Fsp3) is 0.333. The van der Waals surface area contributed by atoms with Crippen LogP contribution in [0.1, 0.15) is 31.0 Å². The molecule has 2 N–H and O–H groups in total. The summed E-state index contributed by atoms with van der Waals surface area (Å²) in [5.74, 6) is -0.387. The third-order valence-corrected chi connectivity index (χ3v) is 5.21. The second-order valence-electron chi connectivity index (χ2n) is 7.60. The summed E-state index contributed by atoms with van der Waals surface area (Å²) in [6.07, 6.45) is 2.06. The molecule has 0 aliphatic rings. The van der Waals surface area contributed by atoms with E-state index in [1.165, 1.54) is 10.1 Å². The molecule has 0 unspecified atom stereocenters. The number of amides is 2. The SMILES string of the molecule is CNC(=O)CCc1nc2ccccc2n(CC(=O)N[C@H](C)CCc2ccccc2)c1=O. The van der Waals surface area contributed by atoms with E-state index in [4.69, 9.17) is 0 Å². The van der Waals surface area contributed by atoms with Gasteiger partial charge < -0.3 is 10.6 Å². The van der Waals surface area contributed by atoms with Crippen LogP contribution in [0, 0.1) is 0 Å². The minimum Gasteiger partial charge on any atom is -0.359 e. The molecule has 0 spiro atoms. The van der Waals surface area contributed by atoms with Gasteiger partial charge >= 0.3 is 0 Å². The predicted molar refractivity (Wildman–Crippen MR) is 121 cm³/mol. The summed E-state index contributed by atoms with van der Waals surface area (Å²) >= 11 is 0. The summed E-state index contributed by atoms with van der Waals surface area (Å²) in [6.45, 7) is 1.87. The number of hydrogen-bond donors (Lipinski definition) is 2. The van der Waals surface area contributed by atoms with E-state index >= 15 is 0 Å². The first-order valence-corrected chi connectivity index (χ1v) is 10.5. The summed E-state index contributed by atoms with van der Waals surface area (Å²) in [4.78, 5) is 41.7. The second kappa shape index (κ2) is 10.5. The van der Waals surface area contributed by atoms with E-state index in [2.05, 4.69) is 27.8 Å². The Morgan fingerprint density at radius 2 is 1.71 bits per heavy atom. The first-order valence-electron chi connectivity index (χ1n) is 10.5. The van der Waals surface area contributed by atoms with E-state index in [9.17, 15) is 14.4 Å². The Kier molecular flexibility index (Phi) is 7.54. The molecule has 0 saturated heterocycles. The number of rotatable bonds is 9. The molecule has 2 aromatic carbocycles. The molecule has 31 heavy (non-hydrogen) atoms. The third kappa shape index (κ3) is 6.01. The van der Waals surface area contributed by atoms with Crippen LogP contribution in [0.15, 0.2) is 59.4 Å². The van der Waals surface area contributed by atoms with Crippen LogP contribution in [0.4, 0.5) is 0 Å². The van der Waals surface area contributed by atoms with Crippen molar-refractivity contribution >= 4 is 22.8 Å². The van der Waals surface area contributed by atoms with Crippen molar-refractivity contribution in [1.29, 1.82) is 0 Å². The lowest BCUT2D eigenvalue weighted by molar-refractivity contribution is -0.122. The maximum absolute atomic E-state index is 13.0. The highest BCUT2D eigenvalue weighted by molar-refractivity contribution is 5.80. The summed E-state index contributed by atoms with van der Waals surface area (Å²) < 4.78 is 1.45. The van der Waals surface area contributed by atoms with Crippen LogP contribution in [0.3, 0.4) is 0 Å². The standard InChI is InChI=1S/C24H28N4O3/c1-17(12-13-18-8-4-3-5-9-18)26-23(30)16-28-21-11-7-6-10-19(21)27-20(24(28)31)14-15-22(29)25-2/h3-11,17H,12-16H2,1-2H3,(H,25,29)(H,26,30)/t17-/m1/s1. The van der Waals surface area contributed by atoms with Gasteiger partial charge in [0.05, 0.1) is 11.0 Å². The first kappa shape index (κ1) is 22.2. The van der Waals surface area contributed by atoms with Crippen molar-refractivity contribution in [2.45, 2.75) is 45.2 Å². The molecule has 0 fully saturated rings. The molecular weight excluding hydrogens is 392 g/mol. The summed E-state index contributed by atoms with van der Waals surface area (Å²) in [7, 11) is 1.55. The molecule has 0 saturated carbocycles. The van der Waals surface area contributed by atoms with Gasteiger partial charge in [0.15, 0.2) is 0 Å². The van der Waals surface area contributed by atoms with E-state index in [1.807, 2.05) is 37.3 Å². The Morgan fingerprint density at radius 1 is 1.00 bits per heavy atom. The molecule has 1 aromatic heterocycles. The lowest BCUT2D eigenvalue weighted by Gasteiger charge is -2.16. The van der Waals surface area contributed by atoms with Gasteiger partial charge in [0.1, 0.15) is 12.2 Å². The van der Waals surface area contributed by atoms with Crippen molar-refractivity contribution in [1.82, 2.24) is 20.2 Å². The van der Waals surface area contributed by atoms with Gasteiger partial charge in [0, 0.05) is 25.9 Å². The zero-order valence-corrected chi connectivity index (χ0v) is 17.9. The fourth-order valence-electron chi connectivity index (χ4n) is 3.49. The lowest BCUT2D eigenvalue weighted by Crippen LogP contribution is -2.38. The Labute approximate surface area is 181 Å². The number of para-hydroxylation sites is 2. The molecule has 3 aromatic rings. The average molecular weight is 421 g/mol. The van der Waals surface area contributed by atoms with Crippen molar-refractivity contribution in [3.8, 4) is 0 Å². The smallest absolute Gasteiger partial charge is 0.273 e. The fourth-order valence-corrected chi connectivity index (χ4v) is 3.49. The maximum Gasteiger partial charge on any atom is 0.273 e. The topological polar surface area (TPSA) is 93.1 Å². The molecule has 7 heteroatoms. The molecule has 1 heterocycles. The number of fused-ring (bicyclic) bond motifs is 1. The van der Waals surface area contributed by atoms with Crippen LogP contribution < -0.4 is 16.2 Å². The molecule has 0 aliphatic heterocycles. The number of nitrogens with one attached hydrogen (secondary N) is 2. The van der Waals surface area contributed by atoms with E-state index in [-0.39, 0.29) is 48.5 Å². The van der Waals surface area contributed by atoms with E-state index in [0.29, 0.717) is 11.0 Å². The van der Waals surface area contributed by atoms with Gasteiger partial charge in [0.25, 0.3) is 5.56 Å². The molecule has 1 atom stereocenters. The number of benzene rings is 2. The second-order valence-corrected chi connectivity index (χ2v) is 7.60. The van der Waals surface area contributed by atoms with Crippen molar-refractivity contribution in [3.63, 3.8) is 0 Å². The van der Waals surface area contributed by atoms with E-state index in [1.54, 1.807) is 19.2 Å². The summed E-state index contributed by atoms with van der Waals surface area (Å²) in [5, 5.41) is 5.53. The quantitative estimate of drug-likeness (QED) is 0.555. The van der Waals surface area contributed by atoms with Gasteiger partial charge in [-0.1, -0.05) is 42.5 Å². The monoisotopic (exact) mass is 420 g/mol. The molecule has 0 bridgehead atoms. The summed E-state index contributed by atoms with van der Waals surface area (Å²) in [6, 6.07) is 17.3. The van der Waals surface area contributed by atoms with Crippen molar-refractivity contribution in [3.05, 3.63) is 76.2 Å². The van der Waals surface area contributed by atoms with Crippen LogP contribution in [0.25, 0.3) is 11.0 Å².